The van der Waals surface area contributed by atoms with E-state index < -0.39 is 4.92 Å². The Bertz CT molecular complexity index is 811. The molecule has 6 heteroatoms. The monoisotopic (exact) mass is 327 g/mol. The van der Waals surface area contributed by atoms with Crippen LogP contribution >= 0.6 is 0 Å². The molecule has 0 unspecified atom stereocenters. The quantitative estimate of drug-likeness (QED) is 0.349. The third-order valence-corrected chi connectivity index (χ3v) is 3.53. The average Bonchev–Trinajstić information content (AvgIpc) is 2.59. The Balaban J connectivity index is 2.28. The fourth-order valence-corrected chi connectivity index (χ4v) is 2.19. The minimum absolute atomic E-state index is 0.0200. The summed E-state index contributed by atoms with van der Waals surface area (Å²) in [5.74, 6) is 0.721. The van der Waals surface area contributed by atoms with E-state index in [4.69, 9.17) is 9.47 Å². The van der Waals surface area contributed by atoms with Crippen LogP contribution in [0.1, 0.15) is 21.5 Å². The molecular formula is C18H17NO5. The predicted molar refractivity (Wildman–Crippen MR) is 90.7 cm³/mol. The summed E-state index contributed by atoms with van der Waals surface area (Å²) in [5.41, 5.74) is 1.55. The van der Waals surface area contributed by atoms with Crippen molar-refractivity contribution in [1.29, 1.82) is 0 Å². The number of ketones is 1. The highest BCUT2D eigenvalue weighted by molar-refractivity contribution is 6.08. The van der Waals surface area contributed by atoms with Gasteiger partial charge in [-0.3, -0.25) is 14.9 Å². The van der Waals surface area contributed by atoms with Crippen molar-refractivity contribution in [3.63, 3.8) is 0 Å². The molecule has 24 heavy (non-hydrogen) atoms. The van der Waals surface area contributed by atoms with Crippen molar-refractivity contribution < 1.29 is 19.2 Å². The van der Waals surface area contributed by atoms with Gasteiger partial charge in [-0.1, -0.05) is 18.2 Å². The van der Waals surface area contributed by atoms with Crippen LogP contribution in [0.5, 0.6) is 11.5 Å². The molecule has 0 aliphatic rings. The van der Waals surface area contributed by atoms with Crippen LogP contribution in [0.4, 0.5) is 5.69 Å². The number of nitro groups is 1. The summed E-state index contributed by atoms with van der Waals surface area (Å²) >= 11 is 0. The second-order valence-electron chi connectivity index (χ2n) is 5.07. The second-order valence-corrected chi connectivity index (χ2v) is 5.07. The van der Waals surface area contributed by atoms with Gasteiger partial charge in [0, 0.05) is 17.7 Å². The number of hydrogen-bond donors (Lipinski definition) is 0. The third-order valence-electron chi connectivity index (χ3n) is 3.53. The minimum Gasteiger partial charge on any atom is -0.497 e. The summed E-state index contributed by atoms with van der Waals surface area (Å²) in [6, 6.07) is 9.71. The van der Waals surface area contributed by atoms with Crippen molar-refractivity contribution in [3.8, 4) is 11.5 Å². The van der Waals surface area contributed by atoms with E-state index in [1.54, 1.807) is 43.3 Å². The Kier molecular flexibility index (Phi) is 5.31. The fraction of sp³-hybridized carbons (Fsp3) is 0.167. The maximum Gasteiger partial charge on any atom is 0.272 e. The molecule has 2 rings (SSSR count). The largest absolute Gasteiger partial charge is 0.497 e. The zero-order valence-electron chi connectivity index (χ0n) is 13.6. The number of carbonyl (C=O) groups excluding carboxylic acids is 1. The molecule has 6 nitrogen and oxygen atoms in total. The van der Waals surface area contributed by atoms with Crippen LogP contribution in [0.2, 0.25) is 0 Å². The maximum atomic E-state index is 12.3. The van der Waals surface area contributed by atoms with Crippen LogP contribution < -0.4 is 9.47 Å². The van der Waals surface area contributed by atoms with E-state index in [-0.39, 0.29) is 11.5 Å². The van der Waals surface area contributed by atoms with E-state index in [1.165, 1.54) is 26.4 Å². The number of nitro benzene ring substituents is 1. The molecule has 0 heterocycles. The van der Waals surface area contributed by atoms with Crippen LogP contribution in [0.15, 0.2) is 42.5 Å². The first-order valence-corrected chi connectivity index (χ1v) is 7.15. The van der Waals surface area contributed by atoms with Crippen molar-refractivity contribution in [2.75, 3.05) is 14.2 Å². The molecule has 0 radical (unpaired) electrons. The van der Waals surface area contributed by atoms with E-state index in [2.05, 4.69) is 0 Å². The summed E-state index contributed by atoms with van der Waals surface area (Å²) in [6.45, 7) is 1.67. The molecule has 0 spiro atoms. The number of aryl methyl sites for hydroxylation is 1. The van der Waals surface area contributed by atoms with Gasteiger partial charge in [-0.25, -0.2) is 0 Å². The Morgan fingerprint density at radius 2 is 1.88 bits per heavy atom. The topological polar surface area (TPSA) is 78.7 Å². The molecule has 124 valence electrons. The molecule has 0 aliphatic heterocycles. The summed E-state index contributed by atoms with van der Waals surface area (Å²) in [5, 5.41) is 11.0. The molecule has 0 saturated heterocycles. The van der Waals surface area contributed by atoms with Gasteiger partial charge in [0.1, 0.15) is 11.5 Å². The Morgan fingerprint density at radius 3 is 2.50 bits per heavy atom. The van der Waals surface area contributed by atoms with Crippen molar-refractivity contribution in [2.24, 2.45) is 0 Å². The highest BCUT2D eigenvalue weighted by Crippen LogP contribution is 2.26. The third kappa shape index (κ3) is 3.78. The van der Waals surface area contributed by atoms with Crippen LogP contribution in [0.3, 0.4) is 0 Å². The van der Waals surface area contributed by atoms with Crippen LogP contribution in [0.25, 0.3) is 6.08 Å². The molecule has 0 bridgehead atoms. The highest BCUT2D eigenvalue weighted by atomic mass is 16.6. The number of ether oxygens (including phenoxy) is 2. The molecule has 0 aromatic heterocycles. The van der Waals surface area contributed by atoms with Crippen LogP contribution in [0, 0.1) is 17.0 Å². The lowest BCUT2D eigenvalue weighted by molar-refractivity contribution is -0.385. The lowest BCUT2D eigenvalue weighted by Gasteiger charge is -2.07. The number of allylic oxidation sites excluding steroid dienone is 1. The minimum atomic E-state index is -0.443. The summed E-state index contributed by atoms with van der Waals surface area (Å²) < 4.78 is 10.3. The van der Waals surface area contributed by atoms with Crippen molar-refractivity contribution in [3.05, 3.63) is 69.3 Å². The smallest absolute Gasteiger partial charge is 0.272 e. The zero-order chi connectivity index (χ0) is 17.7. The first-order valence-electron chi connectivity index (χ1n) is 7.15. The lowest BCUT2D eigenvalue weighted by atomic mass is 10.1. The fourth-order valence-electron chi connectivity index (χ4n) is 2.19. The van der Waals surface area contributed by atoms with E-state index in [9.17, 15) is 14.9 Å². The van der Waals surface area contributed by atoms with E-state index >= 15 is 0 Å². The van der Waals surface area contributed by atoms with Crippen molar-refractivity contribution in [2.45, 2.75) is 6.92 Å². The molecule has 0 saturated carbocycles. The molecular weight excluding hydrogens is 310 g/mol. The zero-order valence-corrected chi connectivity index (χ0v) is 13.6. The van der Waals surface area contributed by atoms with Gasteiger partial charge in [-0.2, -0.15) is 0 Å². The number of carbonyl (C=O) groups is 1. The van der Waals surface area contributed by atoms with E-state index in [1.807, 2.05) is 0 Å². The summed E-state index contributed by atoms with van der Waals surface area (Å²) in [7, 11) is 3.00. The van der Waals surface area contributed by atoms with Gasteiger partial charge < -0.3 is 9.47 Å². The molecule has 0 atom stereocenters. The van der Waals surface area contributed by atoms with E-state index in [0.29, 0.717) is 28.2 Å². The number of methoxy groups -OCH3 is 2. The highest BCUT2D eigenvalue weighted by Gasteiger charge is 2.12. The Morgan fingerprint density at radius 1 is 1.12 bits per heavy atom. The van der Waals surface area contributed by atoms with E-state index in [0.717, 1.165) is 0 Å². The van der Waals surface area contributed by atoms with Gasteiger partial charge in [0.25, 0.3) is 5.69 Å². The Hall–Kier alpha value is -3.15. The predicted octanol–water partition coefficient (Wildman–Crippen LogP) is 3.82. The van der Waals surface area contributed by atoms with Crippen molar-refractivity contribution >= 4 is 17.5 Å². The molecule has 0 aliphatic carbocycles. The van der Waals surface area contributed by atoms with Gasteiger partial charge in [-0.15, -0.1) is 0 Å². The van der Waals surface area contributed by atoms with Gasteiger partial charge >= 0.3 is 0 Å². The van der Waals surface area contributed by atoms with Crippen LogP contribution in [-0.2, 0) is 0 Å². The van der Waals surface area contributed by atoms with Gasteiger partial charge in [0.2, 0.25) is 0 Å². The standard InChI is InChI=1S/C18H17NO5/c1-12-4-5-13(10-16(12)19(21)22)6-9-17(20)15-8-7-14(23-2)11-18(15)24-3/h4-11H,1-3H3. The van der Waals surface area contributed by atoms with Crippen molar-refractivity contribution in [1.82, 2.24) is 0 Å². The number of hydrogen-bond acceptors (Lipinski definition) is 5. The molecule has 0 fully saturated rings. The Labute approximate surface area is 139 Å². The average molecular weight is 327 g/mol. The molecule has 2 aromatic carbocycles. The maximum absolute atomic E-state index is 12.3. The van der Waals surface area contributed by atoms with Crippen LogP contribution in [-0.4, -0.2) is 24.9 Å². The molecule has 0 amide bonds. The number of rotatable bonds is 6. The van der Waals surface area contributed by atoms with Gasteiger partial charge in [-0.05, 0) is 30.7 Å². The second kappa shape index (κ2) is 7.41. The summed E-state index contributed by atoms with van der Waals surface area (Å²) in [6.07, 6.45) is 2.90. The SMILES string of the molecule is COc1ccc(C(=O)C=Cc2ccc(C)c([N+](=O)[O-])c2)c(OC)c1. The first kappa shape index (κ1) is 17.2. The number of nitrogens with zero attached hydrogens (tertiary/aromatic N) is 1. The lowest BCUT2D eigenvalue weighted by Crippen LogP contribution is -1.99. The first-order chi connectivity index (χ1) is 11.5. The normalized spacial score (nSPS) is 10.6. The van der Waals surface area contributed by atoms with Gasteiger partial charge in [0.05, 0.1) is 24.7 Å². The van der Waals surface area contributed by atoms with Gasteiger partial charge in [0.15, 0.2) is 5.78 Å². The number of benzene rings is 2. The molecule has 0 N–H and O–H groups in total. The summed E-state index contributed by atoms with van der Waals surface area (Å²) in [4.78, 5) is 22.9. The molecule has 2 aromatic rings.